The third-order valence-corrected chi connectivity index (χ3v) is 5.41. The number of morpholine rings is 1. The van der Waals surface area contributed by atoms with Crippen molar-refractivity contribution in [3.8, 4) is 5.69 Å². The first-order valence-corrected chi connectivity index (χ1v) is 9.60. The molecule has 1 saturated heterocycles. The molecule has 0 amide bonds. The Morgan fingerprint density at radius 1 is 1.08 bits per heavy atom. The summed E-state index contributed by atoms with van der Waals surface area (Å²) >= 11 is 1.64. The standard InChI is InChI=1S/C18H21N5O2S/c1-13-16(14(2)25-21-13)12-26-18-20-19-17(22-8-10-24-11-9-22)23(18)15-6-4-3-5-7-15/h3-7H,8-12H2,1-2H3. The zero-order chi connectivity index (χ0) is 17.9. The lowest BCUT2D eigenvalue weighted by molar-refractivity contribution is 0.122. The normalized spacial score (nSPS) is 14.8. The van der Waals surface area contributed by atoms with Crippen molar-refractivity contribution >= 4 is 17.7 Å². The molecule has 1 aliphatic heterocycles. The zero-order valence-corrected chi connectivity index (χ0v) is 15.7. The topological polar surface area (TPSA) is 69.2 Å². The van der Waals surface area contributed by atoms with E-state index in [1.165, 1.54) is 0 Å². The highest BCUT2D eigenvalue weighted by atomic mass is 32.2. The number of anilines is 1. The summed E-state index contributed by atoms with van der Waals surface area (Å²) in [7, 11) is 0. The monoisotopic (exact) mass is 371 g/mol. The Kier molecular flexibility index (Phi) is 4.94. The molecule has 0 radical (unpaired) electrons. The number of thioether (sulfide) groups is 1. The van der Waals surface area contributed by atoms with Gasteiger partial charge in [0.05, 0.1) is 24.6 Å². The van der Waals surface area contributed by atoms with Crippen molar-refractivity contribution in [1.82, 2.24) is 19.9 Å². The molecule has 3 aromatic rings. The molecule has 0 bridgehead atoms. The summed E-state index contributed by atoms with van der Waals surface area (Å²) in [4.78, 5) is 2.23. The van der Waals surface area contributed by atoms with Crippen molar-refractivity contribution in [2.75, 3.05) is 31.2 Å². The number of rotatable bonds is 5. The van der Waals surface area contributed by atoms with Gasteiger partial charge in [-0.2, -0.15) is 0 Å². The van der Waals surface area contributed by atoms with Gasteiger partial charge >= 0.3 is 0 Å². The Morgan fingerprint density at radius 3 is 2.54 bits per heavy atom. The van der Waals surface area contributed by atoms with Crippen molar-refractivity contribution in [2.45, 2.75) is 24.8 Å². The fraction of sp³-hybridized carbons (Fsp3) is 0.389. The first-order valence-electron chi connectivity index (χ1n) is 8.62. The van der Waals surface area contributed by atoms with Gasteiger partial charge in [0.15, 0.2) is 5.16 Å². The Labute approximate surface area is 156 Å². The molecule has 2 aromatic heterocycles. The lowest BCUT2D eigenvalue weighted by atomic mass is 10.2. The molecule has 0 saturated carbocycles. The maximum absolute atomic E-state index is 5.47. The summed E-state index contributed by atoms with van der Waals surface area (Å²) in [6.07, 6.45) is 0. The van der Waals surface area contributed by atoms with Gasteiger partial charge in [-0.1, -0.05) is 35.1 Å². The minimum Gasteiger partial charge on any atom is -0.378 e. The second-order valence-corrected chi connectivity index (χ2v) is 7.09. The number of hydrogen-bond donors (Lipinski definition) is 0. The van der Waals surface area contributed by atoms with E-state index in [1.807, 2.05) is 32.0 Å². The van der Waals surface area contributed by atoms with Gasteiger partial charge in [0.25, 0.3) is 0 Å². The first kappa shape index (κ1) is 17.1. The average Bonchev–Trinajstić information content (AvgIpc) is 3.25. The molecule has 26 heavy (non-hydrogen) atoms. The van der Waals surface area contributed by atoms with E-state index in [0.717, 1.165) is 52.7 Å². The largest absolute Gasteiger partial charge is 0.378 e. The van der Waals surface area contributed by atoms with Crippen LogP contribution >= 0.6 is 11.8 Å². The number of ether oxygens (including phenoxy) is 1. The molecule has 1 fully saturated rings. The number of aryl methyl sites for hydroxylation is 2. The number of aromatic nitrogens is 4. The zero-order valence-electron chi connectivity index (χ0n) is 14.9. The molecule has 0 aliphatic carbocycles. The van der Waals surface area contributed by atoms with Crippen LogP contribution in [-0.2, 0) is 10.5 Å². The summed E-state index contributed by atoms with van der Waals surface area (Å²) in [6.45, 7) is 6.97. The van der Waals surface area contributed by atoms with Crippen LogP contribution in [0.5, 0.6) is 0 Å². The number of nitrogens with zero attached hydrogens (tertiary/aromatic N) is 5. The van der Waals surface area contributed by atoms with Crippen molar-refractivity contribution in [3.05, 3.63) is 47.3 Å². The van der Waals surface area contributed by atoms with E-state index in [0.29, 0.717) is 13.2 Å². The Morgan fingerprint density at radius 2 is 1.85 bits per heavy atom. The van der Waals surface area contributed by atoms with Crippen molar-refractivity contribution < 1.29 is 9.26 Å². The molecule has 7 nitrogen and oxygen atoms in total. The smallest absolute Gasteiger partial charge is 0.232 e. The second-order valence-electron chi connectivity index (χ2n) is 6.14. The molecule has 0 unspecified atom stereocenters. The van der Waals surface area contributed by atoms with Gasteiger partial charge in [-0.3, -0.25) is 4.57 Å². The number of hydrogen-bond acceptors (Lipinski definition) is 7. The highest BCUT2D eigenvalue weighted by Crippen LogP contribution is 2.30. The molecule has 4 rings (SSSR count). The van der Waals surface area contributed by atoms with Gasteiger partial charge in [0, 0.05) is 24.4 Å². The fourth-order valence-corrected chi connectivity index (χ4v) is 4.07. The quantitative estimate of drug-likeness (QED) is 0.639. The first-order chi connectivity index (χ1) is 12.7. The molecule has 3 heterocycles. The maximum atomic E-state index is 5.47. The van der Waals surface area contributed by atoms with E-state index < -0.39 is 0 Å². The molecule has 0 spiro atoms. The van der Waals surface area contributed by atoms with Crippen LogP contribution in [0, 0.1) is 13.8 Å². The lowest BCUT2D eigenvalue weighted by Crippen LogP contribution is -2.37. The van der Waals surface area contributed by atoms with Crippen LogP contribution in [0.1, 0.15) is 17.0 Å². The predicted molar refractivity (Wildman–Crippen MR) is 99.9 cm³/mol. The maximum Gasteiger partial charge on any atom is 0.232 e. The Balaban J connectivity index is 1.67. The molecule has 0 atom stereocenters. The van der Waals surface area contributed by atoms with Crippen molar-refractivity contribution in [1.29, 1.82) is 0 Å². The van der Waals surface area contributed by atoms with Crippen LogP contribution < -0.4 is 4.90 Å². The summed E-state index contributed by atoms with van der Waals surface area (Å²) < 4.78 is 12.9. The molecular formula is C18H21N5O2S. The minimum atomic E-state index is 0.712. The Hall–Kier alpha value is -2.32. The van der Waals surface area contributed by atoms with Gasteiger partial charge in [-0.15, -0.1) is 10.2 Å². The van der Waals surface area contributed by atoms with Crippen LogP contribution in [-0.4, -0.2) is 46.2 Å². The molecule has 1 aromatic carbocycles. The SMILES string of the molecule is Cc1noc(C)c1CSc1nnc(N2CCOCC2)n1-c1ccccc1. The highest BCUT2D eigenvalue weighted by molar-refractivity contribution is 7.98. The molecular weight excluding hydrogens is 350 g/mol. The van der Waals surface area contributed by atoms with Crippen LogP contribution in [0.4, 0.5) is 5.95 Å². The van der Waals surface area contributed by atoms with E-state index in [1.54, 1.807) is 11.8 Å². The van der Waals surface area contributed by atoms with Crippen molar-refractivity contribution in [2.24, 2.45) is 0 Å². The molecule has 136 valence electrons. The van der Waals surface area contributed by atoms with E-state index in [4.69, 9.17) is 9.26 Å². The third-order valence-electron chi connectivity index (χ3n) is 4.45. The van der Waals surface area contributed by atoms with Crippen LogP contribution in [0.15, 0.2) is 40.0 Å². The summed E-state index contributed by atoms with van der Waals surface area (Å²) in [5, 5.41) is 13.8. The number of benzene rings is 1. The summed E-state index contributed by atoms with van der Waals surface area (Å²) in [5.74, 6) is 2.46. The van der Waals surface area contributed by atoms with Crippen molar-refractivity contribution in [3.63, 3.8) is 0 Å². The van der Waals surface area contributed by atoms with Gasteiger partial charge < -0.3 is 14.2 Å². The van der Waals surface area contributed by atoms with Gasteiger partial charge in [0.1, 0.15) is 5.76 Å². The molecule has 1 aliphatic rings. The van der Waals surface area contributed by atoms with Gasteiger partial charge in [-0.25, -0.2) is 0 Å². The molecule has 8 heteroatoms. The van der Waals surface area contributed by atoms with Gasteiger partial charge in [-0.05, 0) is 26.0 Å². The third kappa shape index (κ3) is 3.34. The predicted octanol–water partition coefficient (Wildman–Crippen LogP) is 3.00. The summed E-state index contributed by atoms with van der Waals surface area (Å²) in [5.41, 5.74) is 3.10. The highest BCUT2D eigenvalue weighted by Gasteiger charge is 2.22. The average molecular weight is 371 g/mol. The fourth-order valence-electron chi connectivity index (χ4n) is 2.97. The van der Waals surface area contributed by atoms with Crippen LogP contribution in [0.25, 0.3) is 5.69 Å². The van der Waals surface area contributed by atoms with E-state index in [9.17, 15) is 0 Å². The minimum absolute atomic E-state index is 0.712. The van der Waals surface area contributed by atoms with Gasteiger partial charge in [0.2, 0.25) is 5.95 Å². The van der Waals surface area contributed by atoms with E-state index in [-0.39, 0.29) is 0 Å². The van der Waals surface area contributed by atoms with E-state index in [2.05, 4.69) is 37.0 Å². The van der Waals surface area contributed by atoms with Crippen LogP contribution in [0.3, 0.4) is 0 Å². The second kappa shape index (κ2) is 7.51. The Bertz CT molecular complexity index is 852. The number of para-hydroxylation sites is 1. The summed E-state index contributed by atoms with van der Waals surface area (Å²) in [6, 6.07) is 10.2. The molecule has 0 N–H and O–H groups in total. The van der Waals surface area contributed by atoms with Crippen LogP contribution in [0.2, 0.25) is 0 Å². The lowest BCUT2D eigenvalue weighted by Gasteiger charge is -2.27. The van der Waals surface area contributed by atoms with E-state index >= 15 is 0 Å².